The van der Waals surface area contributed by atoms with Crippen molar-refractivity contribution in [2.75, 3.05) is 6.54 Å². The van der Waals surface area contributed by atoms with E-state index < -0.39 is 0 Å². The summed E-state index contributed by atoms with van der Waals surface area (Å²) in [4.78, 5) is 0. The summed E-state index contributed by atoms with van der Waals surface area (Å²) in [5.74, 6) is 1.35. The highest BCUT2D eigenvalue weighted by molar-refractivity contribution is 6.32. The lowest BCUT2D eigenvalue weighted by Crippen LogP contribution is -2.13. The van der Waals surface area contributed by atoms with Gasteiger partial charge in [-0.05, 0) is 37.6 Å². The molecule has 2 rings (SSSR count). The first-order valence-corrected chi connectivity index (χ1v) is 7.11. The van der Waals surface area contributed by atoms with Crippen LogP contribution in [-0.4, -0.2) is 11.7 Å². The Morgan fingerprint density at radius 1 is 1.35 bits per heavy atom. The third-order valence-corrected chi connectivity index (χ3v) is 3.11. The topological polar surface area (TPSA) is 47.3 Å². The number of benzene rings is 1. The molecule has 1 aromatic heterocycles. The summed E-state index contributed by atoms with van der Waals surface area (Å²) in [5.41, 5.74) is 1.99. The molecule has 0 spiro atoms. The lowest BCUT2D eigenvalue weighted by atomic mass is 10.2. The molecule has 0 aliphatic rings. The van der Waals surface area contributed by atoms with Gasteiger partial charge in [0.2, 0.25) is 0 Å². The molecule has 0 saturated carbocycles. The fourth-order valence-corrected chi connectivity index (χ4v) is 1.94. The molecule has 0 atom stereocenters. The van der Waals surface area contributed by atoms with Gasteiger partial charge in [-0.25, -0.2) is 0 Å². The summed E-state index contributed by atoms with van der Waals surface area (Å²) in [6.45, 7) is 6.12. The van der Waals surface area contributed by atoms with Crippen LogP contribution in [0.15, 0.2) is 28.8 Å². The van der Waals surface area contributed by atoms with Gasteiger partial charge in [0.25, 0.3) is 0 Å². The molecular weight excluding hydrogens is 276 g/mol. The second kappa shape index (κ2) is 7.31. The minimum atomic E-state index is 0.323. The smallest absolute Gasteiger partial charge is 0.174 e. The maximum atomic E-state index is 6.07. The number of nitrogens with zero attached hydrogens (tertiary/aromatic N) is 1. The third-order valence-electron chi connectivity index (χ3n) is 2.80. The van der Waals surface area contributed by atoms with Crippen molar-refractivity contribution in [1.29, 1.82) is 0 Å². The van der Waals surface area contributed by atoms with E-state index in [1.54, 1.807) is 0 Å². The maximum absolute atomic E-state index is 6.07. The number of aromatic nitrogens is 1. The second-order valence-corrected chi connectivity index (χ2v) is 5.09. The lowest BCUT2D eigenvalue weighted by molar-refractivity contribution is 0.248. The van der Waals surface area contributed by atoms with Crippen molar-refractivity contribution < 1.29 is 9.26 Å². The van der Waals surface area contributed by atoms with Gasteiger partial charge in [-0.1, -0.05) is 29.7 Å². The Bertz CT molecular complexity index is 555. The van der Waals surface area contributed by atoms with Crippen LogP contribution in [-0.2, 0) is 13.2 Å². The summed E-state index contributed by atoms with van der Waals surface area (Å²) in [5, 5.41) is 7.86. The van der Waals surface area contributed by atoms with Crippen molar-refractivity contribution in [3.63, 3.8) is 0 Å². The predicted octanol–water partition coefficient (Wildman–Crippen LogP) is 3.72. The van der Waals surface area contributed by atoms with Crippen molar-refractivity contribution in [3.8, 4) is 5.75 Å². The van der Waals surface area contributed by atoms with Gasteiger partial charge in [0.15, 0.2) is 5.76 Å². The molecule has 1 heterocycles. The first kappa shape index (κ1) is 14.9. The normalized spacial score (nSPS) is 10.8. The fraction of sp³-hybridized carbons (Fsp3) is 0.400. The molecule has 2 aromatic rings. The zero-order valence-corrected chi connectivity index (χ0v) is 12.5. The molecule has 0 amide bonds. The minimum Gasteiger partial charge on any atom is -0.484 e. The quantitative estimate of drug-likeness (QED) is 0.791. The summed E-state index contributed by atoms with van der Waals surface area (Å²) < 4.78 is 10.9. The van der Waals surface area contributed by atoms with Crippen molar-refractivity contribution >= 4 is 11.6 Å². The van der Waals surface area contributed by atoms with Crippen LogP contribution in [0.1, 0.15) is 30.4 Å². The Balaban J connectivity index is 1.89. The van der Waals surface area contributed by atoms with Gasteiger partial charge in [-0.2, -0.15) is 0 Å². The highest BCUT2D eigenvalue weighted by Crippen LogP contribution is 2.26. The largest absolute Gasteiger partial charge is 0.484 e. The number of halogens is 1. The zero-order chi connectivity index (χ0) is 14.4. The molecule has 1 N–H and O–H groups in total. The van der Waals surface area contributed by atoms with E-state index in [0.717, 1.165) is 24.2 Å². The Morgan fingerprint density at radius 3 is 3.00 bits per heavy atom. The van der Waals surface area contributed by atoms with Crippen LogP contribution >= 0.6 is 11.6 Å². The van der Waals surface area contributed by atoms with Gasteiger partial charge in [0.1, 0.15) is 12.4 Å². The van der Waals surface area contributed by atoms with Crippen molar-refractivity contribution in [2.24, 2.45) is 0 Å². The molecule has 20 heavy (non-hydrogen) atoms. The van der Waals surface area contributed by atoms with Crippen LogP contribution in [0, 0.1) is 6.92 Å². The molecule has 0 aliphatic carbocycles. The number of aryl methyl sites for hydroxylation is 1. The van der Waals surface area contributed by atoms with Crippen molar-refractivity contribution in [1.82, 2.24) is 10.5 Å². The first-order valence-electron chi connectivity index (χ1n) is 6.73. The highest BCUT2D eigenvalue weighted by atomic mass is 35.5. The van der Waals surface area contributed by atoms with Crippen molar-refractivity contribution in [3.05, 3.63) is 46.3 Å². The van der Waals surface area contributed by atoms with E-state index in [9.17, 15) is 0 Å². The highest BCUT2D eigenvalue weighted by Gasteiger charge is 2.07. The molecule has 0 aliphatic heterocycles. The fourth-order valence-electron chi connectivity index (χ4n) is 1.77. The molecule has 5 heteroatoms. The second-order valence-electron chi connectivity index (χ2n) is 4.68. The Morgan fingerprint density at radius 2 is 2.20 bits per heavy atom. The monoisotopic (exact) mass is 294 g/mol. The van der Waals surface area contributed by atoms with Gasteiger partial charge >= 0.3 is 0 Å². The van der Waals surface area contributed by atoms with Gasteiger partial charge < -0.3 is 14.6 Å². The van der Waals surface area contributed by atoms with Gasteiger partial charge in [-0.3, -0.25) is 0 Å². The predicted molar refractivity (Wildman–Crippen MR) is 79.0 cm³/mol. The van der Waals surface area contributed by atoms with Crippen LogP contribution in [0.3, 0.4) is 0 Å². The average molecular weight is 295 g/mol. The molecule has 1 aromatic carbocycles. The van der Waals surface area contributed by atoms with Crippen LogP contribution in [0.2, 0.25) is 5.02 Å². The molecule has 4 nitrogen and oxygen atoms in total. The number of hydrogen-bond acceptors (Lipinski definition) is 4. The van der Waals surface area contributed by atoms with E-state index in [2.05, 4.69) is 17.4 Å². The van der Waals surface area contributed by atoms with Gasteiger partial charge in [0, 0.05) is 12.6 Å². The summed E-state index contributed by atoms with van der Waals surface area (Å²) in [6.07, 6.45) is 1.10. The van der Waals surface area contributed by atoms with Crippen LogP contribution < -0.4 is 10.1 Å². The van der Waals surface area contributed by atoms with Crippen LogP contribution in [0.4, 0.5) is 0 Å². The molecule has 0 saturated heterocycles. The molecule has 0 radical (unpaired) electrons. The average Bonchev–Trinajstić information content (AvgIpc) is 2.88. The first-order chi connectivity index (χ1) is 9.69. The van der Waals surface area contributed by atoms with Crippen LogP contribution in [0.25, 0.3) is 0 Å². The maximum Gasteiger partial charge on any atom is 0.174 e. The summed E-state index contributed by atoms with van der Waals surface area (Å²) in [7, 11) is 0. The van der Waals surface area contributed by atoms with E-state index in [1.165, 1.54) is 0 Å². The van der Waals surface area contributed by atoms with E-state index in [1.807, 2.05) is 31.2 Å². The molecule has 0 fully saturated rings. The van der Waals surface area contributed by atoms with Crippen LogP contribution in [0.5, 0.6) is 5.75 Å². The Hall–Kier alpha value is -1.52. The van der Waals surface area contributed by atoms with Gasteiger partial charge in [0.05, 0.1) is 10.7 Å². The Kier molecular flexibility index (Phi) is 5.44. The third kappa shape index (κ3) is 4.25. The van der Waals surface area contributed by atoms with E-state index >= 15 is 0 Å². The van der Waals surface area contributed by atoms with E-state index in [4.69, 9.17) is 20.9 Å². The lowest BCUT2D eigenvalue weighted by Gasteiger charge is -2.06. The molecule has 108 valence electrons. The standard InChI is InChI=1S/C15H19ClN2O2/c1-3-6-17-9-12-8-13(20-18-12)10-19-15-7-11(2)4-5-14(15)16/h4-5,7-8,17H,3,6,9-10H2,1-2H3. The molecule has 0 unspecified atom stereocenters. The number of nitrogens with one attached hydrogen (secondary N) is 1. The van der Waals surface area contributed by atoms with E-state index in [0.29, 0.717) is 29.7 Å². The summed E-state index contributed by atoms with van der Waals surface area (Å²) in [6, 6.07) is 7.57. The Labute approximate surface area is 124 Å². The molecular formula is C15H19ClN2O2. The van der Waals surface area contributed by atoms with Gasteiger partial charge in [-0.15, -0.1) is 0 Å². The number of rotatable bonds is 7. The minimum absolute atomic E-state index is 0.323. The zero-order valence-electron chi connectivity index (χ0n) is 11.8. The van der Waals surface area contributed by atoms with Crippen molar-refractivity contribution in [2.45, 2.75) is 33.4 Å². The SMILES string of the molecule is CCCNCc1cc(COc2cc(C)ccc2Cl)on1. The summed E-state index contributed by atoms with van der Waals surface area (Å²) >= 11 is 6.07. The number of hydrogen-bond donors (Lipinski definition) is 1. The molecule has 0 bridgehead atoms. The number of ether oxygens (including phenoxy) is 1. The van der Waals surface area contributed by atoms with E-state index in [-0.39, 0.29) is 0 Å².